The van der Waals surface area contributed by atoms with Gasteiger partial charge in [-0.05, 0) is 67.5 Å². The van der Waals surface area contributed by atoms with Crippen LogP contribution in [0.4, 0.5) is 0 Å². The van der Waals surface area contributed by atoms with Gasteiger partial charge in [-0.2, -0.15) is 0 Å². The fraction of sp³-hybridized carbons (Fsp3) is 0.467. The Morgan fingerprint density at radius 1 is 1.05 bits per heavy atom. The minimum absolute atomic E-state index is 0.237. The predicted octanol–water partition coefficient (Wildman–Crippen LogP) is 2.97. The zero-order chi connectivity index (χ0) is 15.2. The second kappa shape index (κ2) is 7.61. The molecule has 0 aromatic heterocycles. The Morgan fingerprint density at radius 2 is 1.50 bits per heavy atom. The molecule has 0 saturated carbocycles. The third-order valence-electron chi connectivity index (χ3n) is 2.92. The molecule has 0 heterocycles. The molecule has 0 spiro atoms. The summed E-state index contributed by atoms with van der Waals surface area (Å²) in [4.78, 5) is 24.3. The number of benzene rings is 1. The molecule has 110 valence electrons. The standard InChI is InChI=1S/C15H19IO4/c1-4-19-13(17)15(3,14(18)20-5-2)10-11-6-8-12(16)9-7-11/h6-9H,4-5,10H2,1-3H3. The largest absolute Gasteiger partial charge is 0.465 e. The summed E-state index contributed by atoms with van der Waals surface area (Å²) in [5.74, 6) is -1.09. The van der Waals surface area contributed by atoms with Crippen LogP contribution in [0.25, 0.3) is 0 Å². The predicted molar refractivity (Wildman–Crippen MR) is 84.2 cm³/mol. The lowest BCUT2D eigenvalue weighted by Gasteiger charge is -2.25. The van der Waals surface area contributed by atoms with Crippen molar-refractivity contribution in [3.05, 3.63) is 33.4 Å². The molecule has 0 fully saturated rings. The monoisotopic (exact) mass is 390 g/mol. The molecule has 1 rings (SSSR count). The second-order valence-corrected chi connectivity index (χ2v) is 5.82. The molecule has 0 aliphatic rings. The highest BCUT2D eigenvalue weighted by Gasteiger charge is 2.44. The lowest BCUT2D eigenvalue weighted by molar-refractivity contribution is -0.170. The average molecular weight is 390 g/mol. The van der Waals surface area contributed by atoms with E-state index in [-0.39, 0.29) is 19.6 Å². The number of ether oxygens (including phenoxy) is 2. The number of hydrogen-bond donors (Lipinski definition) is 0. The van der Waals surface area contributed by atoms with E-state index in [1.807, 2.05) is 24.3 Å². The Labute approximate surface area is 133 Å². The maximum atomic E-state index is 12.1. The molecular weight excluding hydrogens is 371 g/mol. The molecule has 20 heavy (non-hydrogen) atoms. The third kappa shape index (κ3) is 4.19. The van der Waals surface area contributed by atoms with Gasteiger partial charge in [-0.25, -0.2) is 0 Å². The van der Waals surface area contributed by atoms with Crippen LogP contribution in [0.1, 0.15) is 26.3 Å². The number of rotatable bonds is 6. The fourth-order valence-corrected chi connectivity index (χ4v) is 2.18. The van der Waals surface area contributed by atoms with E-state index in [0.717, 1.165) is 9.13 Å². The van der Waals surface area contributed by atoms with Crippen molar-refractivity contribution in [3.63, 3.8) is 0 Å². The fourth-order valence-electron chi connectivity index (χ4n) is 1.82. The lowest BCUT2D eigenvalue weighted by atomic mass is 9.83. The molecule has 0 bridgehead atoms. The second-order valence-electron chi connectivity index (χ2n) is 4.58. The van der Waals surface area contributed by atoms with E-state index in [1.165, 1.54) is 0 Å². The molecule has 1 aromatic rings. The SMILES string of the molecule is CCOC(=O)C(C)(Cc1ccc(I)cc1)C(=O)OCC. The Kier molecular flexibility index (Phi) is 6.45. The summed E-state index contributed by atoms with van der Waals surface area (Å²) in [5, 5.41) is 0. The summed E-state index contributed by atoms with van der Waals surface area (Å²) in [6, 6.07) is 7.68. The van der Waals surface area contributed by atoms with Gasteiger partial charge in [0.2, 0.25) is 0 Å². The van der Waals surface area contributed by atoms with Crippen LogP contribution >= 0.6 is 22.6 Å². The summed E-state index contributed by atoms with van der Waals surface area (Å²) in [6.45, 7) is 5.48. The van der Waals surface area contributed by atoms with Crippen molar-refractivity contribution in [3.8, 4) is 0 Å². The molecule has 0 radical (unpaired) electrons. The number of carbonyl (C=O) groups is 2. The highest BCUT2D eigenvalue weighted by Crippen LogP contribution is 2.27. The van der Waals surface area contributed by atoms with Crippen molar-refractivity contribution in [2.75, 3.05) is 13.2 Å². The molecule has 4 nitrogen and oxygen atoms in total. The summed E-state index contributed by atoms with van der Waals surface area (Å²) in [6.07, 6.45) is 0.265. The van der Waals surface area contributed by atoms with Gasteiger partial charge in [0.25, 0.3) is 0 Å². The lowest BCUT2D eigenvalue weighted by Crippen LogP contribution is -2.41. The van der Waals surface area contributed by atoms with Crippen LogP contribution in [0.3, 0.4) is 0 Å². The topological polar surface area (TPSA) is 52.6 Å². The minimum atomic E-state index is -1.31. The Hall–Kier alpha value is -1.11. The third-order valence-corrected chi connectivity index (χ3v) is 3.64. The van der Waals surface area contributed by atoms with Crippen LogP contribution in [-0.4, -0.2) is 25.2 Å². The minimum Gasteiger partial charge on any atom is -0.465 e. The summed E-state index contributed by atoms with van der Waals surface area (Å²) >= 11 is 2.20. The van der Waals surface area contributed by atoms with Gasteiger partial charge in [0.1, 0.15) is 0 Å². The van der Waals surface area contributed by atoms with Crippen molar-refractivity contribution in [2.24, 2.45) is 5.41 Å². The van der Waals surface area contributed by atoms with Gasteiger partial charge in [-0.15, -0.1) is 0 Å². The van der Waals surface area contributed by atoms with Gasteiger partial charge in [0, 0.05) is 3.57 Å². The summed E-state index contributed by atoms with van der Waals surface area (Å²) in [7, 11) is 0. The van der Waals surface area contributed by atoms with E-state index < -0.39 is 17.4 Å². The zero-order valence-corrected chi connectivity index (χ0v) is 14.1. The van der Waals surface area contributed by atoms with Crippen LogP contribution < -0.4 is 0 Å². The van der Waals surface area contributed by atoms with Crippen molar-refractivity contribution in [1.29, 1.82) is 0 Å². The molecule has 0 atom stereocenters. The first-order valence-corrected chi connectivity index (χ1v) is 7.60. The van der Waals surface area contributed by atoms with Crippen LogP contribution in [0, 0.1) is 8.99 Å². The van der Waals surface area contributed by atoms with E-state index in [4.69, 9.17) is 9.47 Å². The molecule has 0 N–H and O–H groups in total. The van der Waals surface area contributed by atoms with Gasteiger partial charge < -0.3 is 9.47 Å². The quantitative estimate of drug-likeness (QED) is 0.426. The van der Waals surface area contributed by atoms with Gasteiger partial charge in [0.05, 0.1) is 13.2 Å². The molecule has 0 unspecified atom stereocenters. The number of hydrogen-bond acceptors (Lipinski definition) is 4. The summed E-state index contributed by atoms with van der Waals surface area (Å²) in [5.41, 5.74) is -0.409. The molecular formula is C15H19IO4. The van der Waals surface area contributed by atoms with E-state index in [0.29, 0.717) is 0 Å². The van der Waals surface area contributed by atoms with Crippen molar-refractivity contribution < 1.29 is 19.1 Å². The van der Waals surface area contributed by atoms with Crippen LogP contribution in [-0.2, 0) is 25.5 Å². The Bertz CT molecular complexity index is 449. The molecule has 0 amide bonds. The van der Waals surface area contributed by atoms with E-state index in [1.54, 1.807) is 20.8 Å². The normalized spacial score (nSPS) is 11.0. The highest BCUT2D eigenvalue weighted by molar-refractivity contribution is 14.1. The smallest absolute Gasteiger partial charge is 0.323 e. The average Bonchev–Trinajstić information content (AvgIpc) is 2.41. The van der Waals surface area contributed by atoms with Crippen molar-refractivity contribution in [1.82, 2.24) is 0 Å². The zero-order valence-electron chi connectivity index (χ0n) is 11.9. The number of esters is 2. The maximum absolute atomic E-state index is 12.1. The first kappa shape index (κ1) is 16.9. The highest BCUT2D eigenvalue weighted by atomic mass is 127. The molecule has 1 aromatic carbocycles. The van der Waals surface area contributed by atoms with Crippen molar-refractivity contribution >= 4 is 34.5 Å². The summed E-state index contributed by atoms with van der Waals surface area (Å²) < 4.78 is 11.2. The van der Waals surface area contributed by atoms with Gasteiger partial charge in [-0.3, -0.25) is 9.59 Å². The van der Waals surface area contributed by atoms with E-state index in [9.17, 15) is 9.59 Å². The first-order chi connectivity index (χ1) is 9.43. The van der Waals surface area contributed by atoms with Crippen LogP contribution in [0.2, 0.25) is 0 Å². The maximum Gasteiger partial charge on any atom is 0.323 e. The molecule has 0 aliphatic carbocycles. The number of halogens is 1. The van der Waals surface area contributed by atoms with E-state index >= 15 is 0 Å². The van der Waals surface area contributed by atoms with Crippen LogP contribution in [0.15, 0.2) is 24.3 Å². The van der Waals surface area contributed by atoms with E-state index in [2.05, 4.69) is 22.6 Å². The number of carbonyl (C=O) groups excluding carboxylic acids is 2. The molecule has 0 saturated heterocycles. The molecule has 5 heteroatoms. The van der Waals surface area contributed by atoms with Gasteiger partial charge in [0.15, 0.2) is 5.41 Å². The first-order valence-electron chi connectivity index (χ1n) is 6.53. The van der Waals surface area contributed by atoms with Gasteiger partial charge in [-0.1, -0.05) is 12.1 Å². The Balaban J connectivity index is 3.00. The Morgan fingerprint density at radius 3 is 1.90 bits per heavy atom. The van der Waals surface area contributed by atoms with Crippen LogP contribution in [0.5, 0.6) is 0 Å². The molecule has 0 aliphatic heterocycles. The van der Waals surface area contributed by atoms with Gasteiger partial charge >= 0.3 is 11.9 Å². The van der Waals surface area contributed by atoms with Crippen molar-refractivity contribution in [2.45, 2.75) is 27.2 Å².